The van der Waals surface area contributed by atoms with E-state index in [0.717, 1.165) is 31.8 Å². The molecular weight excluding hydrogens is 214 g/mol. The normalized spacial score (nSPS) is 21.4. The van der Waals surface area contributed by atoms with Crippen molar-refractivity contribution in [2.75, 3.05) is 26.8 Å². The van der Waals surface area contributed by atoms with Gasteiger partial charge in [0.2, 0.25) is 0 Å². The quantitative estimate of drug-likeness (QED) is 0.865. The van der Waals surface area contributed by atoms with E-state index < -0.39 is 0 Å². The van der Waals surface area contributed by atoms with Gasteiger partial charge in [-0.1, -0.05) is 12.1 Å². The summed E-state index contributed by atoms with van der Waals surface area (Å²) in [6.45, 7) is 3.45. The number of piperidine rings is 1. The molecule has 3 heteroatoms. The molecular formula is C14H21NO2. The lowest BCUT2D eigenvalue weighted by Gasteiger charge is -2.31. The van der Waals surface area contributed by atoms with E-state index >= 15 is 0 Å². The summed E-state index contributed by atoms with van der Waals surface area (Å²) < 4.78 is 5.15. The van der Waals surface area contributed by atoms with E-state index in [1.807, 2.05) is 12.1 Å². The minimum atomic E-state index is 0.319. The Bertz CT molecular complexity index is 337. The fourth-order valence-electron chi connectivity index (χ4n) is 2.43. The molecule has 3 nitrogen and oxygen atoms in total. The summed E-state index contributed by atoms with van der Waals surface area (Å²) in [7, 11) is 1.69. The molecule has 0 saturated carbocycles. The standard InChI is InChI=1S/C14H21NO2/c1-17-14-6-4-12(5-7-14)9-15-8-2-3-13(10-15)11-16/h4-7,13,16H,2-3,8-11H2,1H3/t13-/m1/s1. The summed E-state index contributed by atoms with van der Waals surface area (Å²) in [6.07, 6.45) is 2.36. The van der Waals surface area contributed by atoms with Gasteiger partial charge in [-0.2, -0.15) is 0 Å². The van der Waals surface area contributed by atoms with Crippen LogP contribution >= 0.6 is 0 Å². The predicted molar refractivity (Wildman–Crippen MR) is 68.1 cm³/mol. The first-order valence-electron chi connectivity index (χ1n) is 6.28. The second-order valence-corrected chi connectivity index (χ2v) is 4.77. The van der Waals surface area contributed by atoms with Crippen LogP contribution in [-0.4, -0.2) is 36.8 Å². The molecule has 0 spiro atoms. The van der Waals surface area contributed by atoms with E-state index in [9.17, 15) is 5.11 Å². The topological polar surface area (TPSA) is 32.7 Å². The minimum Gasteiger partial charge on any atom is -0.497 e. The Balaban J connectivity index is 1.90. The number of methoxy groups -OCH3 is 1. The number of nitrogens with zero attached hydrogens (tertiary/aromatic N) is 1. The molecule has 1 aliphatic rings. The Hall–Kier alpha value is -1.06. The van der Waals surface area contributed by atoms with E-state index in [-0.39, 0.29) is 0 Å². The number of aliphatic hydroxyl groups is 1. The molecule has 0 aromatic heterocycles. The van der Waals surface area contributed by atoms with Crippen LogP contribution in [0.5, 0.6) is 5.75 Å². The maximum absolute atomic E-state index is 9.20. The van der Waals surface area contributed by atoms with Crippen LogP contribution in [0.1, 0.15) is 18.4 Å². The lowest BCUT2D eigenvalue weighted by atomic mass is 9.98. The highest BCUT2D eigenvalue weighted by Gasteiger charge is 2.18. The monoisotopic (exact) mass is 235 g/mol. The third-order valence-corrected chi connectivity index (χ3v) is 3.43. The zero-order chi connectivity index (χ0) is 12.1. The maximum Gasteiger partial charge on any atom is 0.118 e. The van der Waals surface area contributed by atoms with Crippen molar-refractivity contribution in [2.45, 2.75) is 19.4 Å². The summed E-state index contributed by atoms with van der Waals surface area (Å²) in [6, 6.07) is 8.23. The lowest BCUT2D eigenvalue weighted by Crippen LogP contribution is -2.36. The Morgan fingerprint density at radius 3 is 2.76 bits per heavy atom. The first-order valence-corrected chi connectivity index (χ1v) is 6.28. The zero-order valence-corrected chi connectivity index (χ0v) is 10.4. The van der Waals surface area contributed by atoms with E-state index in [1.165, 1.54) is 12.0 Å². The van der Waals surface area contributed by atoms with Crippen molar-refractivity contribution in [1.82, 2.24) is 4.90 Å². The van der Waals surface area contributed by atoms with E-state index in [4.69, 9.17) is 4.74 Å². The molecule has 17 heavy (non-hydrogen) atoms. The molecule has 1 saturated heterocycles. The first-order chi connectivity index (χ1) is 8.31. The van der Waals surface area contributed by atoms with Crippen LogP contribution in [0, 0.1) is 5.92 Å². The SMILES string of the molecule is COc1ccc(CN2CCC[C@@H](CO)C2)cc1. The van der Waals surface area contributed by atoms with Crippen molar-refractivity contribution >= 4 is 0 Å². The largest absolute Gasteiger partial charge is 0.497 e. The summed E-state index contributed by atoms with van der Waals surface area (Å²) >= 11 is 0. The van der Waals surface area contributed by atoms with Crippen LogP contribution in [0.15, 0.2) is 24.3 Å². The second-order valence-electron chi connectivity index (χ2n) is 4.77. The molecule has 0 unspecified atom stereocenters. The van der Waals surface area contributed by atoms with Crippen molar-refractivity contribution in [2.24, 2.45) is 5.92 Å². The number of ether oxygens (including phenoxy) is 1. The molecule has 1 aliphatic heterocycles. The van der Waals surface area contributed by atoms with Gasteiger partial charge in [0.25, 0.3) is 0 Å². The summed E-state index contributed by atoms with van der Waals surface area (Å²) in [5.41, 5.74) is 1.31. The summed E-state index contributed by atoms with van der Waals surface area (Å²) in [4.78, 5) is 2.42. The number of benzene rings is 1. The van der Waals surface area contributed by atoms with Gasteiger partial charge in [-0.15, -0.1) is 0 Å². The van der Waals surface area contributed by atoms with E-state index in [0.29, 0.717) is 12.5 Å². The van der Waals surface area contributed by atoms with Gasteiger partial charge in [0.15, 0.2) is 0 Å². The maximum atomic E-state index is 9.20. The van der Waals surface area contributed by atoms with Gasteiger partial charge in [-0.25, -0.2) is 0 Å². The van der Waals surface area contributed by atoms with Gasteiger partial charge in [0, 0.05) is 19.7 Å². The highest BCUT2D eigenvalue weighted by Crippen LogP contribution is 2.19. The molecule has 1 fully saturated rings. The van der Waals surface area contributed by atoms with Crippen LogP contribution in [-0.2, 0) is 6.54 Å². The van der Waals surface area contributed by atoms with Gasteiger partial charge in [-0.05, 0) is 43.0 Å². The summed E-state index contributed by atoms with van der Waals surface area (Å²) in [5.74, 6) is 1.36. The highest BCUT2D eigenvalue weighted by molar-refractivity contribution is 5.27. The Kier molecular flexibility index (Phi) is 4.40. The van der Waals surface area contributed by atoms with Gasteiger partial charge >= 0.3 is 0 Å². The van der Waals surface area contributed by atoms with Gasteiger partial charge in [-0.3, -0.25) is 4.90 Å². The molecule has 1 heterocycles. The lowest BCUT2D eigenvalue weighted by molar-refractivity contribution is 0.116. The first kappa shape index (κ1) is 12.4. The Morgan fingerprint density at radius 1 is 1.35 bits per heavy atom. The number of rotatable bonds is 4. The van der Waals surface area contributed by atoms with Crippen molar-refractivity contribution in [3.05, 3.63) is 29.8 Å². The molecule has 0 amide bonds. The number of likely N-dealkylation sites (tertiary alicyclic amines) is 1. The fraction of sp³-hybridized carbons (Fsp3) is 0.571. The van der Waals surface area contributed by atoms with E-state index in [1.54, 1.807) is 7.11 Å². The van der Waals surface area contributed by atoms with Gasteiger partial charge < -0.3 is 9.84 Å². The fourth-order valence-corrected chi connectivity index (χ4v) is 2.43. The van der Waals surface area contributed by atoms with Crippen LogP contribution in [0.2, 0.25) is 0 Å². The van der Waals surface area contributed by atoms with Gasteiger partial charge in [0.05, 0.1) is 7.11 Å². The van der Waals surface area contributed by atoms with Crippen molar-refractivity contribution in [3.63, 3.8) is 0 Å². The molecule has 0 bridgehead atoms. The highest BCUT2D eigenvalue weighted by atomic mass is 16.5. The van der Waals surface area contributed by atoms with Crippen molar-refractivity contribution < 1.29 is 9.84 Å². The average Bonchev–Trinajstić information content (AvgIpc) is 2.40. The number of aliphatic hydroxyl groups excluding tert-OH is 1. The predicted octanol–water partition coefficient (Wildman–Crippen LogP) is 1.90. The second kappa shape index (κ2) is 6.03. The van der Waals surface area contributed by atoms with Crippen molar-refractivity contribution in [1.29, 1.82) is 0 Å². The van der Waals surface area contributed by atoms with Crippen LogP contribution in [0.25, 0.3) is 0 Å². The van der Waals surface area contributed by atoms with Crippen LogP contribution < -0.4 is 4.74 Å². The molecule has 94 valence electrons. The van der Waals surface area contributed by atoms with Crippen LogP contribution in [0.3, 0.4) is 0 Å². The third kappa shape index (κ3) is 3.45. The van der Waals surface area contributed by atoms with E-state index in [2.05, 4.69) is 17.0 Å². The molecule has 1 aromatic rings. The Labute approximate surface area is 103 Å². The Morgan fingerprint density at radius 2 is 2.12 bits per heavy atom. The molecule has 1 N–H and O–H groups in total. The summed E-state index contributed by atoms with van der Waals surface area (Å²) in [5, 5.41) is 9.20. The minimum absolute atomic E-state index is 0.319. The molecule has 2 rings (SSSR count). The smallest absolute Gasteiger partial charge is 0.118 e. The third-order valence-electron chi connectivity index (χ3n) is 3.43. The molecule has 1 atom stereocenters. The van der Waals surface area contributed by atoms with Crippen molar-refractivity contribution in [3.8, 4) is 5.75 Å². The molecule has 1 aromatic carbocycles. The average molecular weight is 235 g/mol. The zero-order valence-electron chi connectivity index (χ0n) is 10.4. The van der Waals surface area contributed by atoms with Gasteiger partial charge in [0.1, 0.15) is 5.75 Å². The molecule has 0 radical (unpaired) electrons. The molecule has 0 aliphatic carbocycles. The van der Waals surface area contributed by atoms with Crippen LogP contribution in [0.4, 0.5) is 0 Å². The number of hydrogen-bond donors (Lipinski definition) is 1. The number of hydrogen-bond acceptors (Lipinski definition) is 3.